The van der Waals surface area contributed by atoms with Crippen LogP contribution in [-0.2, 0) is 9.59 Å². The van der Waals surface area contributed by atoms with Crippen molar-refractivity contribution in [2.24, 2.45) is 0 Å². The Balaban J connectivity index is 1.89. The molecule has 0 bridgehead atoms. The summed E-state index contributed by atoms with van der Waals surface area (Å²) in [5.41, 5.74) is 2.81. The van der Waals surface area contributed by atoms with Gasteiger partial charge in [-0.1, -0.05) is 25.1 Å². The average molecular weight is 358 g/mol. The number of halogens is 1. The maximum Gasteiger partial charge on any atom is 0.238 e. The van der Waals surface area contributed by atoms with Gasteiger partial charge in [0.1, 0.15) is 11.2 Å². The van der Waals surface area contributed by atoms with E-state index >= 15 is 0 Å². The van der Waals surface area contributed by atoms with Gasteiger partial charge < -0.3 is 5.32 Å². The van der Waals surface area contributed by atoms with Crippen molar-refractivity contribution >= 4 is 35.0 Å². The molecule has 0 spiro atoms. The summed E-state index contributed by atoms with van der Waals surface area (Å²) >= 11 is 1.47. The van der Waals surface area contributed by atoms with Crippen molar-refractivity contribution < 1.29 is 14.0 Å². The lowest BCUT2D eigenvalue weighted by Crippen LogP contribution is -2.28. The lowest BCUT2D eigenvalue weighted by Gasteiger charge is -2.25. The van der Waals surface area contributed by atoms with Crippen molar-refractivity contribution in [1.82, 2.24) is 0 Å². The Kier molecular flexibility index (Phi) is 5.08. The second-order valence-corrected chi connectivity index (χ2v) is 6.97. The average Bonchev–Trinajstić information content (AvgIpc) is 2.99. The topological polar surface area (TPSA) is 49.4 Å². The smallest absolute Gasteiger partial charge is 0.238 e. The summed E-state index contributed by atoms with van der Waals surface area (Å²) in [5.74, 6) is -0.255. The van der Waals surface area contributed by atoms with E-state index in [4.69, 9.17) is 0 Å². The molecule has 1 saturated heterocycles. The molecule has 0 radical (unpaired) electrons. The highest BCUT2D eigenvalue weighted by molar-refractivity contribution is 8.00. The zero-order valence-electron chi connectivity index (χ0n) is 14.1. The number of amides is 2. The van der Waals surface area contributed by atoms with Gasteiger partial charge >= 0.3 is 0 Å². The molecule has 0 aromatic heterocycles. The molecule has 4 nitrogen and oxygen atoms in total. The summed E-state index contributed by atoms with van der Waals surface area (Å²) in [6.45, 7) is 3.66. The molecule has 6 heteroatoms. The van der Waals surface area contributed by atoms with E-state index in [-0.39, 0.29) is 17.2 Å². The highest BCUT2D eigenvalue weighted by Gasteiger charge is 2.35. The highest BCUT2D eigenvalue weighted by atomic mass is 32.2. The number of rotatable bonds is 4. The van der Waals surface area contributed by atoms with E-state index in [1.807, 2.05) is 19.1 Å². The molecular weight excluding hydrogens is 339 g/mol. The Hall–Kier alpha value is -2.34. The summed E-state index contributed by atoms with van der Waals surface area (Å²) in [6.07, 6.45) is 0.412. The van der Waals surface area contributed by atoms with E-state index in [1.54, 1.807) is 31.2 Å². The number of hydrogen-bond acceptors (Lipinski definition) is 3. The number of nitrogens with zero attached hydrogens (tertiary/aromatic N) is 1. The number of anilines is 2. The maximum absolute atomic E-state index is 14.3. The van der Waals surface area contributed by atoms with Crippen LogP contribution in [0.1, 0.15) is 29.8 Å². The third-order valence-corrected chi connectivity index (χ3v) is 5.24. The normalized spacial score (nSPS) is 17.0. The third kappa shape index (κ3) is 3.69. The molecule has 1 unspecified atom stereocenters. The minimum absolute atomic E-state index is 0.0540. The van der Waals surface area contributed by atoms with Gasteiger partial charge in [-0.2, -0.15) is 0 Å². The fraction of sp³-hybridized carbons (Fsp3) is 0.263. The van der Waals surface area contributed by atoms with Crippen LogP contribution >= 0.6 is 11.8 Å². The predicted octanol–water partition coefficient (Wildman–Crippen LogP) is 4.26. The van der Waals surface area contributed by atoms with Crippen molar-refractivity contribution in [3.05, 3.63) is 59.4 Å². The molecule has 1 aliphatic rings. The number of hydrogen-bond donors (Lipinski definition) is 1. The van der Waals surface area contributed by atoms with E-state index < -0.39 is 5.82 Å². The molecule has 1 heterocycles. The Bertz CT molecular complexity index is 808. The van der Waals surface area contributed by atoms with Gasteiger partial charge in [-0.3, -0.25) is 14.5 Å². The lowest BCUT2D eigenvalue weighted by atomic mass is 10.1. The lowest BCUT2D eigenvalue weighted by molar-refractivity contribution is -0.116. The standard InChI is InChI=1S/C19H19FN2O2S/c1-3-17(23)21-14-7-5-13(6-8-14)19-22(18(24)11-25-19)16-10-12(2)4-9-15(16)20/h4-10,19H,3,11H2,1-2H3,(H,21,23). The summed E-state index contributed by atoms with van der Waals surface area (Å²) in [6, 6.07) is 12.1. The first-order valence-corrected chi connectivity index (χ1v) is 9.14. The first kappa shape index (κ1) is 17.5. The maximum atomic E-state index is 14.3. The second-order valence-electron chi connectivity index (χ2n) is 5.91. The number of carbonyl (C=O) groups is 2. The fourth-order valence-corrected chi connectivity index (χ4v) is 3.89. The van der Waals surface area contributed by atoms with Crippen LogP contribution in [0.15, 0.2) is 42.5 Å². The molecule has 2 aromatic carbocycles. The molecule has 0 aliphatic carbocycles. The number of benzene rings is 2. The van der Waals surface area contributed by atoms with E-state index in [0.717, 1.165) is 11.1 Å². The zero-order valence-corrected chi connectivity index (χ0v) is 14.9. The summed E-state index contributed by atoms with van der Waals surface area (Å²) in [5, 5.41) is 2.51. The Morgan fingerprint density at radius 2 is 2.00 bits per heavy atom. The van der Waals surface area contributed by atoms with Crippen LogP contribution in [0.4, 0.5) is 15.8 Å². The molecule has 130 valence electrons. The SMILES string of the molecule is CCC(=O)Nc1ccc(C2SCC(=O)N2c2cc(C)ccc2F)cc1. The van der Waals surface area contributed by atoms with E-state index in [9.17, 15) is 14.0 Å². The van der Waals surface area contributed by atoms with Crippen molar-refractivity contribution in [1.29, 1.82) is 0 Å². The van der Waals surface area contributed by atoms with Gasteiger partial charge in [-0.15, -0.1) is 11.8 Å². The van der Waals surface area contributed by atoms with Crippen LogP contribution in [-0.4, -0.2) is 17.6 Å². The quantitative estimate of drug-likeness (QED) is 0.888. The molecule has 3 rings (SSSR count). The van der Waals surface area contributed by atoms with Gasteiger partial charge in [0.05, 0.1) is 11.4 Å². The number of carbonyl (C=O) groups excluding carboxylic acids is 2. The van der Waals surface area contributed by atoms with Gasteiger partial charge in [0.2, 0.25) is 11.8 Å². The second kappa shape index (κ2) is 7.27. The first-order chi connectivity index (χ1) is 12.0. The number of thioether (sulfide) groups is 1. The van der Waals surface area contributed by atoms with Crippen molar-refractivity contribution in [2.75, 3.05) is 16.0 Å². The van der Waals surface area contributed by atoms with E-state index in [0.29, 0.717) is 23.5 Å². The monoisotopic (exact) mass is 358 g/mol. The molecule has 1 N–H and O–H groups in total. The zero-order chi connectivity index (χ0) is 18.0. The van der Waals surface area contributed by atoms with Crippen LogP contribution in [0.3, 0.4) is 0 Å². The first-order valence-electron chi connectivity index (χ1n) is 8.09. The van der Waals surface area contributed by atoms with Crippen molar-refractivity contribution in [3.8, 4) is 0 Å². The highest BCUT2D eigenvalue weighted by Crippen LogP contribution is 2.42. The van der Waals surface area contributed by atoms with Crippen molar-refractivity contribution in [3.63, 3.8) is 0 Å². The van der Waals surface area contributed by atoms with Gasteiger partial charge in [0.15, 0.2) is 0 Å². The molecule has 1 fully saturated rings. The van der Waals surface area contributed by atoms with Gasteiger partial charge in [0.25, 0.3) is 0 Å². The van der Waals surface area contributed by atoms with E-state index in [2.05, 4.69) is 5.32 Å². The number of aryl methyl sites for hydroxylation is 1. The Labute approximate surface area is 150 Å². The molecule has 2 amide bonds. The largest absolute Gasteiger partial charge is 0.326 e. The van der Waals surface area contributed by atoms with E-state index in [1.165, 1.54) is 22.7 Å². The molecule has 0 saturated carbocycles. The summed E-state index contributed by atoms with van der Waals surface area (Å²) in [7, 11) is 0. The van der Waals surface area contributed by atoms with Crippen LogP contribution in [0, 0.1) is 12.7 Å². The van der Waals surface area contributed by atoms with Crippen LogP contribution in [0.25, 0.3) is 0 Å². The molecule has 1 atom stereocenters. The summed E-state index contributed by atoms with van der Waals surface area (Å²) in [4.78, 5) is 25.3. The van der Waals surface area contributed by atoms with Crippen LogP contribution in [0.5, 0.6) is 0 Å². The van der Waals surface area contributed by atoms with Gasteiger partial charge in [-0.05, 0) is 42.3 Å². The minimum Gasteiger partial charge on any atom is -0.326 e. The van der Waals surface area contributed by atoms with Crippen LogP contribution < -0.4 is 10.2 Å². The molecule has 1 aliphatic heterocycles. The minimum atomic E-state index is -0.404. The Morgan fingerprint density at radius 1 is 1.28 bits per heavy atom. The predicted molar refractivity (Wildman–Crippen MR) is 99.2 cm³/mol. The van der Waals surface area contributed by atoms with Gasteiger partial charge in [-0.25, -0.2) is 4.39 Å². The Morgan fingerprint density at radius 3 is 2.68 bits per heavy atom. The van der Waals surface area contributed by atoms with Crippen molar-refractivity contribution in [2.45, 2.75) is 25.6 Å². The third-order valence-electron chi connectivity index (χ3n) is 4.03. The molecule has 2 aromatic rings. The number of nitrogens with one attached hydrogen (secondary N) is 1. The van der Waals surface area contributed by atoms with Crippen LogP contribution in [0.2, 0.25) is 0 Å². The fourth-order valence-electron chi connectivity index (χ4n) is 2.72. The molecular formula is C19H19FN2O2S. The molecule has 25 heavy (non-hydrogen) atoms. The van der Waals surface area contributed by atoms with Gasteiger partial charge in [0, 0.05) is 12.1 Å². The summed E-state index contributed by atoms with van der Waals surface area (Å²) < 4.78 is 14.3.